The molecule has 0 radical (unpaired) electrons. The van der Waals surface area contributed by atoms with Crippen molar-refractivity contribution >= 4 is 23.3 Å². The Kier molecular flexibility index (Phi) is 3.75. The van der Waals surface area contributed by atoms with Crippen molar-refractivity contribution < 1.29 is 4.92 Å². The number of nitro groups is 1. The molecule has 2 N–H and O–H groups in total. The molecule has 1 aromatic carbocycles. The number of nitrogens with two attached hydrogens (primary N) is 1. The summed E-state index contributed by atoms with van der Waals surface area (Å²) in [5.41, 5.74) is 6.78. The highest BCUT2D eigenvalue weighted by Gasteiger charge is 2.12. The summed E-state index contributed by atoms with van der Waals surface area (Å²) >= 11 is 1.63. The number of nitro benzene ring substituents is 1. The quantitative estimate of drug-likeness (QED) is 0.528. The zero-order valence-electron chi connectivity index (χ0n) is 10.6. The van der Waals surface area contributed by atoms with E-state index in [9.17, 15) is 10.1 Å². The topological polar surface area (TPSA) is 87.0 Å². The minimum atomic E-state index is -0.434. The highest BCUT2D eigenvalue weighted by atomic mass is 32.2. The Bertz CT molecular complexity index is 592. The number of rotatable bonds is 4. The second-order valence-electron chi connectivity index (χ2n) is 4.25. The second kappa shape index (κ2) is 5.31. The highest BCUT2D eigenvalue weighted by Crippen LogP contribution is 2.30. The van der Waals surface area contributed by atoms with Gasteiger partial charge in [0.05, 0.1) is 21.7 Å². The van der Waals surface area contributed by atoms with E-state index < -0.39 is 4.92 Å². The summed E-state index contributed by atoms with van der Waals surface area (Å²) in [5.74, 6) is 0.549. The fraction of sp³-hybridized carbons (Fsp3) is 0.250. The zero-order chi connectivity index (χ0) is 14.0. The molecule has 2 rings (SSSR count). The molecule has 0 atom stereocenters. The maximum Gasteiger partial charge on any atom is 0.269 e. The molecule has 0 aliphatic heterocycles. The zero-order valence-corrected chi connectivity index (χ0v) is 11.4. The molecular formula is C12H14N4O2S. The van der Waals surface area contributed by atoms with Crippen molar-refractivity contribution in [3.63, 3.8) is 0 Å². The molecule has 0 saturated carbocycles. The molecule has 100 valence electrons. The number of nitrogens with zero attached hydrogens (tertiary/aromatic N) is 3. The molecule has 0 unspecified atom stereocenters. The molecule has 1 aromatic heterocycles. The maximum atomic E-state index is 10.6. The predicted molar refractivity (Wildman–Crippen MR) is 75.6 cm³/mol. The standard InChI is InChI=1S/C12H14N4O2S/c1-8(2)19-11-7-14-15(12(11)13)9-3-5-10(6-4-9)16(17)18/h3-8H,13H2,1-2H3. The van der Waals surface area contributed by atoms with Crippen LogP contribution in [0.1, 0.15) is 13.8 Å². The van der Waals surface area contributed by atoms with E-state index in [2.05, 4.69) is 18.9 Å². The number of non-ortho nitro benzene ring substituents is 1. The molecule has 0 spiro atoms. The van der Waals surface area contributed by atoms with E-state index >= 15 is 0 Å². The van der Waals surface area contributed by atoms with Gasteiger partial charge in [-0.25, -0.2) is 4.68 Å². The van der Waals surface area contributed by atoms with Crippen LogP contribution in [0.25, 0.3) is 5.69 Å². The van der Waals surface area contributed by atoms with Crippen LogP contribution in [0, 0.1) is 10.1 Å². The lowest BCUT2D eigenvalue weighted by molar-refractivity contribution is -0.384. The van der Waals surface area contributed by atoms with E-state index in [0.717, 1.165) is 4.90 Å². The summed E-state index contributed by atoms with van der Waals surface area (Å²) in [6.45, 7) is 4.15. The number of aromatic nitrogens is 2. The van der Waals surface area contributed by atoms with E-state index in [-0.39, 0.29) is 5.69 Å². The average molecular weight is 278 g/mol. The predicted octanol–water partition coefficient (Wildman–Crippen LogP) is 2.86. The fourth-order valence-electron chi connectivity index (χ4n) is 1.61. The molecule has 0 aliphatic carbocycles. The summed E-state index contributed by atoms with van der Waals surface area (Å²) in [5, 5.41) is 15.2. The molecule has 0 fully saturated rings. The van der Waals surface area contributed by atoms with Gasteiger partial charge in [-0.05, 0) is 12.1 Å². The van der Waals surface area contributed by atoms with Crippen molar-refractivity contribution in [2.24, 2.45) is 0 Å². The summed E-state index contributed by atoms with van der Waals surface area (Å²) in [4.78, 5) is 11.1. The Labute approximate surface area is 114 Å². The fourth-order valence-corrected chi connectivity index (χ4v) is 2.43. The van der Waals surface area contributed by atoms with Gasteiger partial charge in [-0.15, -0.1) is 11.8 Å². The lowest BCUT2D eigenvalue weighted by Gasteiger charge is -2.06. The molecule has 7 heteroatoms. The molecule has 19 heavy (non-hydrogen) atoms. The van der Waals surface area contributed by atoms with Crippen molar-refractivity contribution in [2.45, 2.75) is 24.0 Å². The van der Waals surface area contributed by atoms with Crippen LogP contribution < -0.4 is 5.73 Å². The average Bonchev–Trinajstić information content (AvgIpc) is 2.70. The summed E-state index contributed by atoms with van der Waals surface area (Å²) in [7, 11) is 0. The van der Waals surface area contributed by atoms with Crippen molar-refractivity contribution in [1.82, 2.24) is 9.78 Å². The molecule has 0 amide bonds. The maximum absolute atomic E-state index is 10.6. The van der Waals surface area contributed by atoms with E-state index in [0.29, 0.717) is 16.8 Å². The lowest BCUT2D eigenvalue weighted by Crippen LogP contribution is -2.02. The number of benzene rings is 1. The van der Waals surface area contributed by atoms with Crippen LogP contribution in [0.5, 0.6) is 0 Å². The largest absolute Gasteiger partial charge is 0.383 e. The number of hydrogen-bond donors (Lipinski definition) is 1. The van der Waals surface area contributed by atoms with Crippen LogP contribution in [0.4, 0.5) is 11.5 Å². The normalized spacial score (nSPS) is 10.9. The van der Waals surface area contributed by atoms with E-state index in [1.807, 2.05) is 0 Å². The minimum Gasteiger partial charge on any atom is -0.383 e. The summed E-state index contributed by atoms with van der Waals surface area (Å²) in [6.07, 6.45) is 1.71. The molecule has 2 aromatic rings. The van der Waals surface area contributed by atoms with Gasteiger partial charge in [0, 0.05) is 17.4 Å². The Morgan fingerprint density at radius 2 is 2.00 bits per heavy atom. The Morgan fingerprint density at radius 1 is 1.37 bits per heavy atom. The molecule has 0 aliphatic rings. The Balaban J connectivity index is 2.31. The number of anilines is 1. The lowest BCUT2D eigenvalue weighted by atomic mass is 10.3. The molecule has 0 saturated heterocycles. The van der Waals surface area contributed by atoms with Crippen LogP contribution in [0.2, 0.25) is 0 Å². The van der Waals surface area contributed by atoms with Crippen LogP contribution in [-0.2, 0) is 0 Å². The third-order valence-electron chi connectivity index (χ3n) is 2.44. The third kappa shape index (κ3) is 2.87. The van der Waals surface area contributed by atoms with Crippen LogP contribution in [-0.4, -0.2) is 20.0 Å². The number of hydrogen-bond acceptors (Lipinski definition) is 5. The van der Waals surface area contributed by atoms with Crippen LogP contribution >= 0.6 is 11.8 Å². The monoisotopic (exact) mass is 278 g/mol. The Morgan fingerprint density at radius 3 is 2.53 bits per heavy atom. The first-order valence-electron chi connectivity index (χ1n) is 5.74. The summed E-state index contributed by atoms with van der Waals surface area (Å²) < 4.78 is 1.58. The SMILES string of the molecule is CC(C)Sc1cnn(-c2ccc([N+](=O)[O-])cc2)c1N. The van der Waals surface area contributed by atoms with Crippen molar-refractivity contribution in [1.29, 1.82) is 0 Å². The number of thioether (sulfide) groups is 1. The van der Waals surface area contributed by atoms with E-state index in [1.165, 1.54) is 12.1 Å². The van der Waals surface area contributed by atoms with Gasteiger partial charge in [0.1, 0.15) is 5.82 Å². The smallest absolute Gasteiger partial charge is 0.269 e. The first kappa shape index (κ1) is 13.4. The van der Waals surface area contributed by atoms with Gasteiger partial charge >= 0.3 is 0 Å². The Hall–Kier alpha value is -2.02. The van der Waals surface area contributed by atoms with Gasteiger partial charge in [0.15, 0.2) is 0 Å². The van der Waals surface area contributed by atoms with Gasteiger partial charge in [0.25, 0.3) is 5.69 Å². The summed E-state index contributed by atoms with van der Waals surface area (Å²) in [6, 6.07) is 6.13. The molecular weight excluding hydrogens is 264 g/mol. The van der Waals surface area contributed by atoms with Crippen LogP contribution in [0.3, 0.4) is 0 Å². The minimum absolute atomic E-state index is 0.0475. The second-order valence-corrected chi connectivity index (χ2v) is 5.86. The highest BCUT2D eigenvalue weighted by molar-refractivity contribution is 8.00. The van der Waals surface area contributed by atoms with Gasteiger partial charge in [-0.1, -0.05) is 13.8 Å². The first-order chi connectivity index (χ1) is 8.99. The van der Waals surface area contributed by atoms with Gasteiger partial charge in [0.2, 0.25) is 0 Å². The number of nitrogen functional groups attached to an aromatic ring is 1. The van der Waals surface area contributed by atoms with Gasteiger partial charge in [-0.2, -0.15) is 5.10 Å². The third-order valence-corrected chi connectivity index (χ3v) is 3.48. The van der Waals surface area contributed by atoms with Gasteiger partial charge in [-0.3, -0.25) is 10.1 Å². The molecule has 0 bridgehead atoms. The van der Waals surface area contributed by atoms with Crippen molar-refractivity contribution in [3.05, 3.63) is 40.6 Å². The molecule has 6 nitrogen and oxygen atoms in total. The van der Waals surface area contributed by atoms with E-state index in [1.54, 1.807) is 34.8 Å². The molecule has 1 heterocycles. The first-order valence-corrected chi connectivity index (χ1v) is 6.62. The van der Waals surface area contributed by atoms with Crippen molar-refractivity contribution in [3.8, 4) is 5.69 Å². The van der Waals surface area contributed by atoms with Gasteiger partial charge < -0.3 is 5.73 Å². The van der Waals surface area contributed by atoms with Crippen LogP contribution in [0.15, 0.2) is 35.4 Å². The van der Waals surface area contributed by atoms with E-state index in [4.69, 9.17) is 5.73 Å². The van der Waals surface area contributed by atoms with Crippen molar-refractivity contribution in [2.75, 3.05) is 5.73 Å².